The highest BCUT2D eigenvalue weighted by Gasteiger charge is 2.25. The molecule has 0 aromatic heterocycles. The highest BCUT2D eigenvalue weighted by atomic mass is 32.2. The van der Waals surface area contributed by atoms with E-state index in [1.165, 1.54) is 6.42 Å². The number of urea groups is 1. The number of hydrogen-bond donors (Lipinski definition) is 4. The van der Waals surface area contributed by atoms with Gasteiger partial charge < -0.3 is 21.1 Å². The van der Waals surface area contributed by atoms with Gasteiger partial charge in [0.2, 0.25) is 5.91 Å². The summed E-state index contributed by atoms with van der Waals surface area (Å²) in [4.78, 5) is 33.2. The number of carbonyl (C=O) groups is 3. The highest BCUT2D eigenvalue weighted by Crippen LogP contribution is 2.26. The van der Waals surface area contributed by atoms with Gasteiger partial charge >= 0.3 is 12.0 Å². The van der Waals surface area contributed by atoms with Gasteiger partial charge in [0.1, 0.15) is 6.54 Å². The largest absolute Gasteiger partial charge is 0.480 e. The molecule has 0 radical (unpaired) electrons. The molecule has 0 spiro atoms. The van der Waals surface area contributed by atoms with Crippen molar-refractivity contribution in [2.24, 2.45) is 0 Å². The number of carboxylic acid groups (broad SMARTS) is 1. The summed E-state index contributed by atoms with van der Waals surface area (Å²) in [5, 5.41) is 16.3. The Kier molecular flexibility index (Phi) is 7.21. The Labute approximate surface area is 122 Å². The lowest BCUT2D eigenvalue weighted by Gasteiger charge is -2.30. The Hall–Kier alpha value is -1.44. The lowest BCUT2D eigenvalue weighted by molar-refractivity contribution is -0.137. The minimum absolute atomic E-state index is 0.126. The molecule has 2 unspecified atom stereocenters. The number of rotatable bonds is 6. The third-order valence-corrected chi connectivity index (χ3v) is 4.34. The minimum atomic E-state index is -1.12. The standard InChI is InChI=1S/C12H21N3O4S/c1-20-9-5-3-2-4-8(9)15-12(19)14-6-10(16)13-7-11(17)18/h8-9H,2-7H2,1H3,(H,13,16)(H,17,18)(H2,14,15,19). The molecule has 4 N–H and O–H groups in total. The molecule has 8 heteroatoms. The first-order valence-electron chi connectivity index (χ1n) is 6.58. The van der Waals surface area contributed by atoms with Crippen LogP contribution in [0.5, 0.6) is 0 Å². The van der Waals surface area contributed by atoms with Gasteiger partial charge in [-0.1, -0.05) is 12.8 Å². The van der Waals surface area contributed by atoms with Gasteiger partial charge in [-0.3, -0.25) is 9.59 Å². The first-order chi connectivity index (χ1) is 9.52. The van der Waals surface area contributed by atoms with Crippen molar-refractivity contribution >= 4 is 29.7 Å². The zero-order valence-electron chi connectivity index (χ0n) is 11.5. The summed E-state index contributed by atoms with van der Waals surface area (Å²) in [6.45, 7) is -0.672. The fourth-order valence-electron chi connectivity index (χ4n) is 2.16. The zero-order valence-corrected chi connectivity index (χ0v) is 12.3. The second-order valence-electron chi connectivity index (χ2n) is 4.66. The Morgan fingerprint density at radius 3 is 2.50 bits per heavy atom. The van der Waals surface area contributed by atoms with Crippen LogP contribution < -0.4 is 16.0 Å². The molecule has 0 aliphatic heterocycles. The molecule has 0 bridgehead atoms. The number of aliphatic carboxylic acids is 1. The van der Waals surface area contributed by atoms with E-state index in [2.05, 4.69) is 16.0 Å². The quantitative estimate of drug-likeness (QED) is 0.559. The first kappa shape index (κ1) is 16.6. The van der Waals surface area contributed by atoms with Crippen LogP contribution >= 0.6 is 11.8 Å². The van der Waals surface area contributed by atoms with E-state index < -0.39 is 18.4 Å². The van der Waals surface area contributed by atoms with Crippen LogP contribution in [0, 0.1) is 0 Å². The average molecular weight is 303 g/mol. The van der Waals surface area contributed by atoms with E-state index in [4.69, 9.17) is 5.11 Å². The number of carbonyl (C=O) groups excluding carboxylic acids is 2. The van der Waals surface area contributed by atoms with Crippen LogP contribution in [0.1, 0.15) is 25.7 Å². The van der Waals surface area contributed by atoms with Crippen molar-refractivity contribution in [1.82, 2.24) is 16.0 Å². The van der Waals surface area contributed by atoms with E-state index in [-0.39, 0.29) is 18.6 Å². The number of nitrogens with one attached hydrogen (secondary N) is 3. The summed E-state index contributed by atoms with van der Waals surface area (Å²) in [6, 6.07) is -0.262. The van der Waals surface area contributed by atoms with Crippen molar-refractivity contribution < 1.29 is 19.5 Å². The summed E-state index contributed by atoms with van der Waals surface area (Å²) in [5.74, 6) is -1.64. The van der Waals surface area contributed by atoms with Gasteiger partial charge in [0.25, 0.3) is 0 Å². The zero-order chi connectivity index (χ0) is 15.0. The third-order valence-electron chi connectivity index (χ3n) is 3.17. The molecule has 2 atom stereocenters. The fourth-order valence-corrected chi connectivity index (χ4v) is 3.10. The van der Waals surface area contributed by atoms with E-state index in [1.54, 1.807) is 11.8 Å². The smallest absolute Gasteiger partial charge is 0.322 e. The normalized spacial score (nSPS) is 21.9. The summed E-state index contributed by atoms with van der Waals surface area (Å²) < 4.78 is 0. The number of carboxylic acids is 1. The van der Waals surface area contributed by atoms with Gasteiger partial charge in [0.15, 0.2) is 0 Å². The lowest BCUT2D eigenvalue weighted by atomic mass is 9.95. The van der Waals surface area contributed by atoms with Crippen molar-refractivity contribution in [2.75, 3.05) is 19.3 Å². The van der Waals surface area contributed by atoms with Crippen molar-refractivity contribution in [2.45, 2.75) is 37.0 Å². The first-order valence-corrected chi connectivity index (χ1v) is 7.87. The summed E-state index contributed by atoms with van der Waals surface area (Å²) in [7, 11) is 0. The Morgan fingerprint density at radius 1 is 1.15 bits per heavy atom. The highest BCUT2D eigenvalue weighted by molar-refractivity contribution is 7.99. The molecule has 1 aliphatic carbocycles. The maximum Gasteiger partial charge on any atom is 0.322 e. The summed E-state index contributed by atoms with van der Waals surface area (Å²) in [5.41, 5.74) is 0. The average Bonchev–Trinajstić information content (AvgIpc) is 2.43. The molecule has 20 heavy (non-hydrogen) atoms. The second-order valence-corrected chi connectivity index (χ2v) is 5.74. The van der Waals surface area contributed by atoms with Crippen LogP contribution in [0.2, 0.25) is 0 Å². The molecule has 1 aliphatic rings. The Bertz CT molecular complexity index is 365. The molecule has 1 saturated carbocycles. The molecule has 0 heterocycles. The Balaban J connectivity index is 2.25. The molecular formula is C12H21N3O4S. The van der Waals surface area contributed by atoms with Gasteiger partial charge in [-0.25, -0.2) is 4.79 Å². The predicted octanol–water partition coefficient (Wildman–Crippen LogP) is 0.161. The van der Waals surface area contributed by atoms with Crippen LogP contribution in [0.3, 0.4) is 0 Å². The van der Waals surface area contributed by atoms with Crippen LogP contribution in [0.25, 0.3) is 0 Å². The molecule has 1 rings (SSSR count). The van der Waals surface area contributed by atoms with E-state index in [0.717, 1.165) is 19.3 Å². The minimum Gasteiger partial charge on any atom is -0.480 e. The molecule has 1 fully saturated rings. The maximum absolute atomic E-state index is 11.7. The van der Waals surface area contributed by atoms with Crippen LogP contribution in [0.4, 0.5) is 4.79 Å². The van der Waals surface area contributed by atoms with Gasteiger partial charge in [0.05, 0.1) is 6.54 Å². The molecule has 114 valence electrons. The summed E-state index contributed by atoms with van der Waals surface area (Å²) in [6.07, 6.45) is 6.35. The van der Waals surface area contributed by atoms with Crippen molar-refractivity contribution in [3.05, 3.63) is 0 Å². The predicted molar refractivity (Wildman–Crippen MR) is 76.7 cm³/mol. The Morgan fingerprint density at radius 2 is 1.85 bits per heavy atom. The second kappa shape index (κ2) is 8.68. The monoisotopic (exact) mass is 303 g/mol. The number of thioether (sulfide) groups is 1. The fraction of sp³-hybridized carbons (Fsp3) is 0.750. The molecule has 0 aromatic rings. The van der Waals surface area contributed by atoms with Gasteiger partial charge in [0, 0.05) is 11.3 Å². The van der Waals surface area contributed by atoms with E-state index in [0.29, 0.717) is 5.25 Å². The van der Waals surface area contributed by atoms with Crippen LogP contribution in [-0.4, -0.2) is 53.7 Å². The maximum atomic E-state index is 11.7. The summed E-state index contributed by atoms with van der Waals surface area (Å²) >= 11 is 1.74. The van der Waals surface area contributed by atoms with Crippen LogP contribution in [-0.2, 0) is 9.59 Å². The van der Waals surface area contributed by atoms with E-state index in [1.807, 2.05) is 6.26 Å². The van der Waals surface area contributed by atoms with Crippen LogP contribution in [0.15, 0.2) is 0 Å². The molecule has 3 amide bonds. The van der Waals surface area contributed by atoms with E-state index in [9.17, 15) is 14.4 Å². The SMILES string of the molecule is CSC1CCCCC1NC(=O)NCC(=O)NCC(=O)O. The van der Waals surface area contributed by atoms with Gasteiger partial charge in [-0.2, -0.15) is 11.8 Å². The van der Waals surface area contributed by atoms with Gasteiger partial charge in [-0.15, -0.1) is 0 Å². The molecule has 0 saturated heterocycles. The third kappa shape index (κ3) is 6.14. The lowest BCUT2D eigenvalue weighted by Crippen LogP contribution is -2.50. The molecule has 7 nitrogen and oxygen atoms in total. The number of amides is 3. The van der Waals surface area contributed by atoms with Crippen molar-refractivity contribution in [3.8, 4) is 0 Å². The van der Waals surface area contributed by atoms with Crippen molar-refractivity contribution in [3.63, 3.8) is 0 Å². The molecular weight excluding hydrogens is 282 g/mol. The number of hydrogen-bond acceptors (Lipinski definition) is 4. The topological polar surface area (TPSA) is 108 Å². The van der Waals surface area contributed by atoms with Gasteiger partial charge in [-0.05, 0) is 19.1 Å². The van der Waals surface area contributed by atoms with Crippen molar-refractivity contribution in [1.29, 1.82) is 0 Å². The van der Waals surface area contributed by atoms with E-state index >= 15 is 0 Å². The molecule has 0 aromatic carbocycles.